The predicted octanol–water partition coefficient (Wildman–Crippen LogP) is 0.895. The van der Waals surface area contributed by atoms with E-state index < -0.39 is 0 Å². The van der Waals surface area contributed by atoms with Crippen LogP contribution < -0.4 is 5.73 Å². The molecular formula is C8H18N2S3. The predicted molar refractivity (Wildman–Crippen MR) is 68.2 cm³/mol. The minimum absolute atomic E-state index is 0.187. The van der Waals surface area contributed by atoms with Gasteiger partial charge in [-0.15, -0.1) is 0 Å². The van der Waals surface area contributed by atoms with Gasteiger partial charge in [0.05, 0.1) is 11.7 Å². The lowest BCUT2D eigenvalue weighted by Gasteiger charge is -2.14. The van der Waals surface area contributed by atoms with E-state index in [4.69, 9.17) is 5.73 Å². The van der Waals surface area contributed by atoms with Gasteiger partial charge in [0.2, 0.25) is 0 Å². The quantitative estimate of drug-likeness (QED) is 0.409. The molecule has 13 heavy (non-hydrogen) atoms. The van der Waals surface area contributed by atoms with E-state index in [1.807, 2.05) is 0 Å². The molecule has 0 aromatic carbocycles. The summed E-state index contributed by atoms with van der Waals surface area (Å²) in [4.78, 5) is 2.31. The summed E-state index contributed by atoms with van der Waals surface area (Å²) >= 11 is 12.8. The number of hydrogen-bond acceptors (Lipinski definition) is 5. The average Bonchev–Trinajstić information content (AvgIpc) is 2.61. The Morgan fingerprint density at radius 1 is 1.08 bits per heavy atom. The molecule has 0 amide bonds. The molecule has 0 radical (unpaired) electrons. The Morgan fingerprint density at radius 3 is 2.00 bits per heavy atom. The Labute approximate surface area is 96.9 Å². The van der Waals surface area contributed by atoms with E-state index in [1.54, 1.807) is 0 Å². The summed E-state index contributed by atoms with van der Waals surface area (Å²) in [5.74, 6) is 2.66. The lowest BCUT2D eigenvalue weighted by molar-refractivity contribution is 0.404. The van der Waals surface area contributed by atoms with Gasteiger partial charge in [-0.05, 0) is 24.3 Å². The smallest absolute Gasteiger partial charge is 0.0768 e. The molecule has 78 valence electrons. The summed E-state index contributed by atoms with van der Waals surface area (Å²) in [6.07, 6.45) is 2.33. The van der Waals surface area contributed by atoms with Gasteiger partial charge >= 0.3 is 0 Å². The van der Waals surface area contributed by atoms with Gasteiger partial charge in [-0.25, -0.2) is 0 Å². The number of nitrogens with two attached hydrogens (primary N) is 1. The highest BCUT2D eigenvalue weighted by Gasteiger charge is 2.58. The van der Waals surface area contributed by atoms with Gasteiger partial charge in [0, 0.05) is 12.3 Å². The molecule has 0 aliphatic carbocycles. The molecule has 2 nitrogen and oxygen atoms in total. The lowest BCUT2D eigenvalue weighted by Crippen LogP contribution is -2.23. The van der Waals surface area contributed by atoms with Crippen LogP contribution in [0.3, 0.4) is 0 Å². The van der Waals surface area contributed by atoms with Crippen molar-refractivity contribution in [2.75, 3.05) is 23.8 Å². The molecule has 0 saturated carbocycles. The molecular weight excluding hydrogens is 220 g/mol. The third-order valence-electron chi connectivity index (χ3n) is 2.82. The van der Waals surface area contributed by atoms with Crippen LogP contribution in [0.4, 0.5) is 0 Å². The van der Waals surface area contributed by atoms with E-state index in [1.165, 1.54) is 0 Å². The lowest BCUT2D eigenvalue weighted by atomic mass is 10.0. The second-order valence-electron chi connectivity index (χ2n) is 3.41. The van der Waals surface area contributed by atoms with Gasteiger partial charge in [-0.2, -0.15) is 37.9 Å². The molecule has 0 aromatic rings. The van der Waals surface area contributed by atoms with Gasteiger partial charge in [0.1, 0.15) is 0 Å². The normalized spacial score (nSPS) is 30.5. The van der Waals surface area contributed by atoms with Gasteiger partial charge in [-0.3, -0.25) is 4.90 Å². The fourth-order valence-electron chi connectivity index (χ4n) is 2.03. The molecule has 0 bridgehead atoms. The van der Waals surface area contributed by atoms with Crippen molar-refractivity contribution in [3.63, 3.8) is 0 Å². The maximum atomic E-state index is 6.03. The number of nitrogens with zero attached hydrogens (tertiary/aromatic N) is 1. The Bertz CT molecular complexity index is 159. The first-order valence-corrected chi connectivity index (χ1v) is 6.47. The third kappa shape index (κ3) is 2.31. The minimum atomic E-state index is 0.187. The highest BCUT2D eigenvalue weighted by Crippen LogP contribution is 2.43. The maximum Gasteiger partial charge on any atom is 0.0768 e. The molecule has 1 aliphatic rings. The van der Waals surface area contributed by atoms with Crippen LogP contribution in [0, 0.1) is 0 Å². The van der Waals surface area contributed by atoms with Crippen molar-refractivity contribution in [3.8, 4) is 0 Å². The van der Waals surface area contributed by atoms with Crippen LogP contribution in [0.25, 0.3) is 0 Å². The minimum Gasteiger partial charge on any atom is -0.314 e. The molecule has 0 spiro atoms. The molecule has 1 rings (SSSR count). The Kier molecular flexibility index (Phi) is 4.78. The van der Waals surface area contributed by atoms with Gasteiger partial charge in [0.15, 0.2) is 0 Å². The van der Waals surface area contributed by atoms with Crippen LogP contribution in [0.1, 0.15) is 12.8 Å². The third-order valence-corrected chi connectivity index (χ3v) is 3.47. The standard InChI is InChI=1S/C8H18N2S3/c9-7-8(1-4-11,2-5-12)10(7)3-6-13/h7,11-13H,1-6,9H2. The van der Waals surface area contributed by atoms with Crippen LogP contribution in [0.15, 0.2) is 0 Å². The number of rotatable bonds is 6. The summed E-state index contributed by atoms with van der Waals surface area (Å²) in [6, 6.07) is 0. The van der Waals surface area contributed by atoms with Gasteiger partial charge < -0.3 is 5.73 Å². The summed E-state index contributed by atoms with van der Waals surface area (Å²) in [7, 11) is 0. The first-order chi connectivity index (χ1) is 6.22. The molecule has 2 atom stereocenters. The Morgan fingerprint density at radius 2 is 1.62 bits per heavy atom. The Balaban J connectivity index is 2.50. The number of thiol groups is 3. The zero-order valence-electron chi connectivity index (χ0n) is 7.69. The molecule has 1 fully saturated rings. The number of hydrogen-bond donors (Lipinski definition) is 4. The topological polar surface area (TPSA) is 29.0 Å². The zero-order valence-corrected chi connectivity index (χ0v) is 10.4. The second-order valence-corrected chi connectivity index (χ2v) is 4.75. The fourth-order valence-corrected chi connectivity index (χ4v) is 3.02. The highest BCUT2D eigenvalue weighted by atomic mass is 32.1. The fraction of sp³-hybridized carbons (Fsp3) is 1.00. The zero-order chi connectivity index (χ0) is 9.90. The average molecular weight is 238 g/mol. The van der Waals surface area contributed by atoms with E-state index in [-0.39, 0.29) is 11.7 Å². The van der Waals surface area contributed by atoms with Crippen molar-refractivity contribution in [1.82, 2.24) is 4.90 Å². The van der Waals surface area contributed by atoms with Gasteiger partial charge in [-0.1, -0.05) is 0 Å². The first kappa shape index (κ1) is 12.0. The maximum absolute atomic E-state index is 6.03. The van der Waals surface area contributed by atoms with Crippen molar-refractivity contribution >= 4 is 37.9 Å². The van der Waals surface area contributed by atoms with Crippen molar-refractivity contribution in [2.24, 2.45) is 5.73 Å². The molecule has 1 heterocycles. The van der Waals surface area contributed by atoms with Crippen molar-refractivity contribution < 1.29 is 0 Å². The first-order valence-electron chi connectivity index (χ1n) is 4.58. The highest BCUT2D eigenvalue weighted by molar-refractivity contribution is 7.80. The second kappa shape index (κ2) is 5.16. The van der Waals surface area contributed by atoms with E-state index in [9.17, 15) is 0 Å². The molecule has 2 N–H and O–H groups in total. The molecule has 1 aliphatic heterocycles. The molecule has 2 unspecified atom stereocenters. The van der Waals surface area contributed by atoms with Crippen LogP contribution in [0.2, 0.25) is 0 Å². The molecule has 0 aromatic heterocycles. The summed E-state index contributed by atoms with van der Waals surface area (Å²) in [5.41, 5.74) is 6.21. The Hall–Kier alpha value is 0.970. The SMILES string of the molecule is NC1N(CCS)C1(CCS)CCS. The summed E-state index contributed by atoms with van der Waals surface area (Å²) in [6.45, 7) is 0.978. The van der Waals surface area contributed by atoms with E-state index in [2.05, 4.69) is 42.8 Å². The van der Waals surface area contributed by atoms with Crippen LogP contribution in [0.5, 0.6) is 0 Å². The van der Waals surface area contributed by atoms with E-state index >= 15 is 0 Å². The largest absolute Gasteiger partial charge is 0.314 e. The summed E-state index contributed by atoms with van der Waals surface area (Å²) < 4.78 is 0. The molecule has 1 saturated heterocycles. The monoisotopic (exact) mass is 238 g/mol. The summed E-state index contributed by atoms with van der Waals surface area (Å²) in [5, 5.41) is 0. The van der Waals surface area contributed by atoms with Crippen molar-refractivity contribution in [2.45, 2.75) is 24.5 Å². The van der Waals surface area contributed by atoms with E-state index in [0.29, 0.717) is 0 Å². The van der Waals surface area contributed by atoms with Crippen LogP contribution in [-0.4, -0.2) is 40.4 Å². The van der Waals surface area contributed by atoms with Gasteiger partial charge in [0.25, 0.3) is 0 Å². The van der Waals surface area contributed by atoms with E-state index in [0.717, 1.165) is 36.6 Å². The van der Waals surface area contributed by atoms with Crippen molar-refractivity contribution in [1.29, 1.82) is 0 Å². The van der Waals surface area contributed by atoms with Crippen molar-refractivity contribution in [3.05, 3.63) is 0 Å². The van der Waals surface area contributed by atoms with Crippen LogP contribution in [-0.2, 0) is 0 Å². The molecule has 5 heteroatoms. The van der Waals surface area contributed by atoms with Crippen LogP contribution >= 0.6 is 37.9 Å².